The van der Waals surface area contributed by atoms with E-state index in [-0.39, 0.29) is 12.0 Å². The Hall–Kier alpha value is -1.07. The van der Waals surface area contributed by atoms with E-state index in [9.17, 15) is 4.79 Å². The molecule has 4 nitrogen and oxygen atoms in total. The Morgan fingerprint density at radius 2 is 2.17 bits per heavy atom. The molecule has 100 valence electrons. The fourth-order valence-corrected chi connectivity index (χ4v) is 1.80. The van der Waals surface area contributed by atoms with Crippen LogP contribution in [-0.2, 0) is 9.53 Å². The summed E-state index contributed by atoms with van der Waals surface area (Å²) >= 11 is 3.36. The average Bonchev–Trinajstić information content (AvgIpc) is 2.36. The molecule has 1 N–H and O–H groups in total. The number of halogens is 1. The van der Waals surface area contributed by atoms with Gasteiger partial charge in [-0.05, 0) is 31.5 Å². The number of hydrogen-bond acceptors (Lipinski definition) is 3. The zero-order valence-corrected chi connectivity index (χ0v) is 12.4. The first-order valence-corrected chi connectivity index (χ1v) is 6.52. The van der Waals surface area contributed by atoms with Gasteiger partial charge in [-0.15, -0.1) is 0 Å². The fourth-order valence-electron chi connectivity index (χ4n) is 1.44. The minimum absolute atomic E-state index is 0.0460. The highest BCUT2D eigenvalue weighted by atomic mass is 79.9. The molecule has 1 unspecified atom stereocenters. The summed E-state index contributed by atoms with van der Waals surface area (Å²) in [7, 11) is 3.21. The summed E-state index contributed by atoms with van der Waals surface area (Å²) in [5, 5.41) is 2.83. The third-order valence-corrected chi connectivity index (χ3v) is 3.11. The highest BCUT2D eigenvalue weighted by Crippen LogP contribution is 2.28. The molecule has 0 saturated heterocycles. The van der Waals surface area contributed by atoms with Crippen LogP contribution in [0.3, 0.4) is 0 Å². The molecule has 0 aliphatic rings. The highest BCUT2D eigenvalue weighted by Gasteiger charge is 2.09. The number of anilines is 1. The van der Waals surface area contributed by atoms with E-state index in [0.29, 0.717) is 24.3 Å². The van der Waals surface area contributed by atoms with Gasteiger partial charge in [0.25, 0.3) is 0 Å². The van der Waals surface area contributed by atoms with Gasteiger partial charge in [0.05, 0.1) is 18.9 Å². The fraction of sp³-hybridized carbons (Fsp3) is 0.462. The number of amides is 1. The summed E-state index contributed by atoms with van der Waals surface area (Å²) in [5.41, 5.74) is 0.668. The Balaban J connectivity index is 2.61. The first-order valence-electron chi connectivity index (χ1n) is 5.73. The first-order chi connectivity index (χ1) is 8.56. The second kappa shape index (κ2) is 7.38. The lowest BCUT2D eigenvalue weighted by Crippen LogP contribution is -2.15. The summed E-state index contributed by atoms with van der Waals surface area (Å²) in [6.07, 6.45) is 1.20. The number of ether oxygens (including phenoxy) is 2. The molecule has 1 aromatic rings. The summed E-state index contributed by atoms with van der Waals surface area (Å²) in [6, 6.07) is 5.48. The van der Waals surface area contributed by atoms with Gasteiger partial charge in [-0.1, -0.05) is 15.9 Å². The second-order valence-corrected chi connectivity index (χ2v) is 4.89. The minimum Gasteiger partial charge on any atom is -0.495 e. The Morgan fingerprint density at radius 1 is 1.44 bits per heavy atom. The Kier molecular flexibility index (Phi) is 6.15. The van der Waals surface area contributed by atoms with Crippen molar-refractivity contribution in [3.63, 3.8) is 0 Å². The molecule has 1 rings (SSSR count). The van der Waals surface area contributed by atoms with E-state index >= 15 is 0 Å². The maximum atomic E-state index is 11.8. The number of rotatable bonds is 6. The van der Waals surface area contributed by atoms with E-state index in [1.54, 1.807) is 20.3 Å². The molecule has 5 heteroatoms. The topological polar surface area (TPSA) is 47.6 Å². The number of benzene rings is 1. The maximum absolute atomic E-state index is 11.8. The minimum atomic E-state index is -0.0460. The summed E-state index contributed by atoms with van der Waals surface area (Å²) < 4.78 is 11.2. The number of methoxy groups -OCH3 is 2. The van der Waals surface area contributed by atoms with Gasteiger partial charge in [-0.25, -0.2) is 0 Å². The largest absolute Gasteiger partial charge is 0.495 e. The van der Waals surface area contributed by atoms with Crippen LogP contribution in [0.2, 0.25) is 0 Å². The van der Waals surface area contributed by atoms with Gasteiger partial charge in [-0.3, -0.25) is 4.79 Å². The molecule has 0 heterocycles. The monoisotopic (exact) mass is 315 g/mol. The van der Waals surface area contributed by atoms with Crippen molar-refractivity contribution in [2.75, 3.05) is 19.5 Å². The summed E-state index contributed by atoms with van der Waals surface area (Å²) in [4.78, 5) is 11.8. The van der Waals surface area contributed by atoms with Crippen LogP contribution in [0.25, 0.3) is 0 Å². The lowest BCUT2D eigenvalue weighted by Gasteiger charge is -2.12. The van der Waals surface area contributed by atoms with Crippen LogP contribution in [0.1, 0.15) is 19.8 Å². The number of hydrogen-bond donors (Lipinski definition) is 1. The molecule has 18 heavy (non-hydrogen) atoms. The molecular weight excluding hydrogens is 298 g/mol. The molecule has 1 aromatic carbocycles. The van der Waals surface area contributed by atoms with Crippen LogP contribution in [-0.4, -0.2) is 26.2 Å². The van der Waals surface area contributed by atoms with E-state index in [4.69, 9.17) is 9.47 Å². The second-order valence-electron chi connectivity index (χ2n) is 3.98. The lowest BCUT2D eigenvalue weighted by molar-refractivity contribution is -0.116. The van der Waals surface area contributed by atoms with E-state index in [1.807, 2.05) is 19.1 Å². The molecule has 0 aromatic heterocycles. The standard InChI is InChI=1S/C13H18BrNO3/c1-9(17-2)4-7-13(16)15-11-8-10(14)5-6-12(11)18-3/h5-6,8-9H,4,7H2,1-3H3,(H,15,16). The van der Waals surface area contributed by atoms with Gasteiger partial charge in [0.15, 0.2) is 0 Å². The Bertz CT molecular complexity index is 409. The number of nitrogens with one attached hydrogen (secondary N) is 1. The maximum Gasteiger partial charge on any atom is 0.224 e. The van der Waals surface area contributed by atoms with Crippen LogP contribution >= 0.6 is 15.9 Å². The smallest absolute Gasteiger partial charge is 0.224 e. The molecule has 0 spiro atoms. The predicted molar refractivity (Wildman–Crippen MR) is 75.0 cm³/mol. The molecule has 0 bridgehead atoms. The van der Waals surface area contributed by atoms with Crippen LogP contribution in [0, 0.1) is 0 Å². The molecule has 1 amide bonds. The highest BCUT2D eigenvalue weighted by molar-refractivity contribution is 9.10. The predicted octanol–water partition coefficient (Wildman–Crippen LogP) is 3.21. The molecule has 0 saturated carbocycles. The van der Waals surface area contributed by atoms with Crippen molar-refractivity contribution in [3.05, 3.63) is 22.7 Å². The van der Waals surface area contributed by atoms with Gasteiger partial charge < -0.3 is 14.8 Å². The number of carbonyl (C=O) groups excluding carboxylic acids is 1. The van der Waals surface area contributed by atoms with E-state index in [2.05, 4.69) is 21.2 Å². The van der Waals surface area contributed by atoms with E-state index in [1.165, 1.54) is 0 Å². The summed E-state index contributed by atoms with van der Waals surface area (Å²) in [6.45, 7) is 1.94. The molecule has 0 fully saturated rings. The van der Waals surface area contributed by atoms with Crippen LogP contribution in [0.5, 0.6) is 5.75 Å². The normalized spacial score (nSPS) is 12.0. The van der Waals surface area contributed by atoms with Crippen molar-refractivity contribution in [2.24, 2.45) is 0 Å². The lowest BCUT2D eigenvalue weighted by atomic mass is 10.2. The van der Waals surface area contributed by atoms with Gasteiger partial charge in [0.2, 0.25) is 5.91 Å². The van der Waals surface area contributed by atoms with Crippen LogP contribution in [0.15, 0.2) is 22.7 Å². The van der Waals surface area contributed by atoms with Crippen molar-refractivity contribution < 1.29 is 14.3 Å². The van der Waals surface area contributed by atoms with Gasteiger partial charge in [-0.2, -0.15) is 0 Å². The van der Waals surface area contributed by atoms with Crippen LogP contribution in [0.4, 0.5) is 5.69 Å². The molecule has 0 aliphatic carbocycles. The SMILES string of the molecule is COc1ccc(Br)cc1NC(=O)CCC(C)OC. The zero-order chi connectivity index (χ0) is 13.5. The van der Waals surface area contributed by atoms with Crippen molar-refractivity contribution in [3.8, 4) is 5.75 Å². The third kappa shape index (κ3) is 4.66. The zero-order valence-electron chi connectivity index (χ0n) is 10.8. The summed E-state index contributed by atoms with van der Waals surface area (Å²) in [5.74, 6) is 0.599. The Labute approximate surface area is 116 Å². The molecule has 0 aliphatic heterocycles. The molecule has 1 atom stereocenters. The van der Waals surface area contributed by atoms with E-state index < -0.39 is 0 Å². The van der Waals surface area contributed by atoms with Crippen molar-refractivity contribution in [2.45, 2.75) is 25.9 Å². The average molecular weight is 316 g/mol. The molecule has 0 radical (unpaired) electrons. The van der Waals surface area contributed by atoms with E-state index in [0.717, 1.165) is 4.47 Å². The molecular formula is C13H18BrNO3. The quantitative estimate of drug-likeness (QED) is 0.876. The van der Waals surface area contributed by atoms with Crippen LogP contribution < -0.4 is 10.1 Å². The van der Waals surface area contributed by atoms with Gasteiger partial charge >= 0.3 is 0 Å². The third-order valence-electron chi connectivity index (χ3n) is 2.62. The van der Waals surface area contributed by atoms with Crippen molar-refractivity contribution >= 4 is 27.5 Å². The number of carbonyl (C=O) groups is 1. The van der Waals surface area contributed by atoms with Crippen molar-refractivity contribution in [1.82, 2.24) is 0 Å². The first kappa shape index (κ1) is 15.0. The Morgan fingerprint density at radius 3 is 2.78 bits per heavy atom. The van der Waals surface area contributed by atoms with Crippen molar-refractivity contribution in [1.29, 1.82) is 0 Å². The van der Waals surface area contributed by atoms with Gasteiger partial charge in [0.1, 0.15) is 5.75 Å². The van der Waals surface area contributed by atoms with Gasteiger partial charge in [0, 0.05) is 18.0 Å².